The summed E-state index contributed by atoms with van der Waals surface area (Å²) in [6.07, 6.45) is 9.06. The molecule has 9 heteroatoms. The van der Waals surface area contributed by atoms with Crippen molar-refractivity contribution in [3.63, 3.8) is 0 Å². The molecule has 0 radical (unpaired) electrons. The van der Waals surface area contributed by atoms with Gasteiger partial charge in [0, 0.05) is 43.0 Å². The van der Waals surface area contributed by atoms with Gasteiger partial charge < -0.3 is 0 Å². The highest BCUT2D eigenvalue weighted by Gasteiger charge is 2.18. The van der Waals surface area contributed by atoms with Crippen molar-refractivity contribution in [1.29, 1.82) is 0 Å². The Morgan fingerprint density at radius 1 is 1.17 bits per heavy atom. The van der Waals surface area contributed by atoms with Gasteiger partial charge in [0.1, 0.15) is 4.90 Å². The van der Waals surface area contributed by atoms with Gasteiger partial charge in [-0.15, -0.1) is 0 Å². The van der Waals surface area contributed by atoms with Crippen LogP contribution in [0.5, 0.6) is 0 Å². The van der Waals surface area contributed by atoms with E-state index in [-0.39, 0.29) is 9.92 Å². The van der Waals surface area contributed by atoms with Gasteiger partial charge in [-0.3, -0.25) is 19.4 Å². The molecular weight excluding hydrogens is 338 g/mol. The van der Waals surface area contributed by atoms with Gasteiger partial charge in [0.15, 0.2) is 0 Å². The van der Waals surface area contributed by atoms with Crippen molar-refractivity contribution in [2.75, 3.05) is 4.72 Å². The third-order valence-electron chi connectivity index (χ3n) is 3.07. The van der Waals surface area contributed by atoms with Gasteiger partial charge in [0.05, 0.1) is 23.1 Å². The molecule has 0 saturated heterocycles. The molecular formula is C14H12ClN5O2S. The SMILES string of the molecule is Cn1cc(-c2ccncc2NS(=O)(=O)c2cncc(Cl)c2)cn1. The van der Waals surface area contributed by atoms with Crippen LogP contribution >= 0.6 is 11.6 Å². The molecule has 0 aliphatic heterocycles. The average molecular weight is 350 g/mol. The van der Waals surface area contributed by atoms with Gasteiger partial charge in [-0.1, -0.05) is 11.6 Å². The lowest BCUT2D eigenvalue weighted by Crippen LogP contribution is -2.14. The molecule has 23 heavy (non-hydrogen) atoms. The molecule has 118 valence electrons. The Balaban J connectivity index is 2.00. The highest BCUT2D eigenvalue weighted by atomic mass is 35.5. The van der Waals surface area contributed by atoms with Crippen LogP contribution in [0.25, 0.3) is 11.1 Å². The minimum Gasteiger partial charge on any atom is -0.277 e. The molecule has 3 aromatic rings. The highest BCUT2D eigenvalue weighted by Crippen LogP contribution is 2.28. The zero-order valence-corrected chi connectivity index (χ0v) is 13.6. The Morgan fingerprint density at radius 2 is 2.00 bits per heavy atom. The number of sulfonamides is 1. The Kier molecular flexibility index (Phi) is 4.01. The van der Waals surface area contributed by atoms with Crippen molar-refractivity contribution in [3.05, 3.63) is 54.3 Å². The van der Waals surface area contributed by atoms with E-state index in [4.69, 9.17) is 11.6 Å². The van der Waals surface area contributed by atoms with E-state index in [9.17, 15) is 8.42 Å². The molecule has 0 amide bonds. The maximum atomic E-state index is 12.5. The fourth-order valence-corrected chi connectivity index (χ4v) is 3.32. The van der Waals surface area contributed by atoms with E-state index >= 15 is 0 Å². The Morgan fingerprint density at radius 3 is 2.70 bits per heavy atom. The van der Waals surface area contributed by atoms with Crippen LogP contribution in [0, 0.1) is 0 Å². The summed E-state index contributed by atoms with van der Waals surface area (Å²) in [6, 6.07) is 3.04. The lowest BCUT2D eigenvalue weighted by molar-refractivity contribution is 0.601. The third-order valence-corrected chi connectivity index (χ3v) is 4.61. The first-order valence-corrected chi connectivity index (χ1v) is 8.38. The summed E-state index contributed by atoms with van der Waals surface area (Å²) in [5, 5.41) is 4.33. The first-order valence-electron chi connectivity index (χ1n) is 6.52. The van der Waals surface area contributed by atoms with Gasteiger partial charge >= 0.3 is 0 Å². The van der Waals surface area contributed by atoms with Crippen LogP contribution in [0.2, 0.25) is 5.02 Å². The number of nitrogens with zero attached hydrogens (tertiary/aromatic N) is 4. The molecule has 3 aromatic heterocycles. The molecule has 3 heterocycles. The van der Waals surface area contributed by atoms with E-state index < -0.39 is 10.0 Å². The van der Waals surface area contributed by atoms with Crippen LogP contribution in [-0.2, 0) is 17.1 Å². The molecule has 0 unspecified atom stereocenters. The number of aromatic nitrogens is 4. The van der Waals surface area contributed by atoms with E-state index in [1.54, 1.807) is 36.4 Å². The van der Waals surface area contributed by atoms with Crippen LogP contribution in [0.4, 0.5) is 5.69 Å². The number of rotatable bonds is 4. The summed E-state index contributed by atoms with van der Waals surface area (Å²) in [5.41, 5.74) is 1.80. The number of anilines is 1. The Labute approximate surface area is 138 Å². The number of halogens is 1. The number of hydrogen-bond acceptors (Lipinski definition) is 5. The van der Waals surface area contributed by atoms with Crippen LogP contribution in [0.1, 0.15) is 0 Å². The number of hydrogen-bond donors (Lipinski definition) is 1. The molecule has 0 bridgehead atoms. The standard InChI is InChI=1S/C14H12ClN5O2S/c1-20-9-10(5-18-20)13-2-3-16-8-14(13)19-23(21,22)12-4-11(15)6-17-7-12/h2-9,19H,1H3. The summed E-state index contributed by atoms with van der Waals surface area (Å²) in [6.45, 7) is 0. The van der Waals surface area contributed by atoms with E-state index in [1.165, 1.54) is 24.7 Å². The normalized spacial score (nSPS) is 11.4. The molecule has 0 spiro atoms. The van der Waals surface area contributed by atoms with Gasteiger partial charge in [0.25, 0.3) is 10.0 Å². The largest absolute Gasteiger partial charge is 0.277 e. The topological polar surface area (TPSA) is 89.8 Å². The van der Waals surface area contributed by atoms with Gasteiger partial charge in [-0.25, -0.2) is 8.42 Å². The van der Waals surface area contributed by atoms with E-state index in [2.05, 4.69) is 19.8 Å². The van der Waals surface area contributed by atoms with Crippen LogP contribution in [0.3, 0.4) is 0 Å². The van der Waals surface area contributed by atoms with Gasteiger partial charge in [-0.2, -0.15) is 5.10 Å². The molecule has 7 nitrogen and oxygen atoms in total. The minimum absolute atomic E-state index is 0.0222. The first kappa shape index (κ1) is 15.4. The first-order chi connectivity index (χ1) is 11.0. The molecule has 0 fully saturated rings. The summed E-state index contributed by atoms with van der Waals surface area (Å²) in [4.78, 5) is 7.75. The fraction of sp³-hybridized carbons (Fsp3) is 0.0714. The molecule has 0 aromatic carbocycles. The van der Waals surface area contributed by atoms with Crippen molar-refractivity contribution in [2.24, 2.45) is 7.05 Å². The number of aryl methyl sites for hydroxylation is 1. The quantitative estimate of drug-likeness (QED) is 0.780. The molecule has 3 rings (SSSR count). The Bertz CT molecular complexity index is 955. The number of nitrogens with one attached hydrogen (secondary N) is 1. The van der Waals surface area contributed by atoms with Crippen molar-refractivity contribution in [1.82, 2.24) is 19.7 Å². The lowest BCUT2D eigenvalue weighted by Gasteiger charge is -2.11. The summed E-state index contributed by atoms with van der Waals surface area (Å²) in [7, 11) is -2.04. The maximum absolute atomic E-state index is 12.5. The van der Waals surface area contributed by atoms with Crippen molar-refractivity contribution < 1.29 is 8.42 Å². The Hall–Kier alpha value is -2.45. The fourth-order valence-electron chi connectivity index (χ4n) is 2.03. The minimum atomic E-state index is -3.82. The second kappa shape index (κ2) is 5.98. The zero-order chi connectivity index (χ0) is 16.4. The molecule has 0 atom stereocenters. The van der Waals surface area contributed by atoms with Crippen LogP contribution in [-0.4, -0.2) is 28.2 Å². The summed E-state index contributed by atoms with van der Waals surface area (Å²) >= 11 is 5.81. The van der Waals surface area contributed by atoms with E-state index in [0.717, 1.165) is 5.56 Å². The van der Waals surface area contributed by atoms with Crippen molar-refractivity contribution in [2.45, 2.75) is 4.90 Å². The summed E-state index contributed by atoms with van der Waals surface area (Å²) in [5.74, 6) is 0. The summed E-state index contributed by atoms with van der Waals surface area (Å²) < 4.78 is 29.1. The van der Waals surface area contributed by atoms with Crippen LogP contribution < -0.4 is 4.72 Å². The van der Waals surface area contributed by atoms with Gasteiger partial charge in [0.2, 0.25) is 0 Å². The molecule has 0 aliphatic carbocycles. The monoisotopic (exact) mass is 349 g/mol. The predicted octanol–water partition coefficient (Wildman–Crippen LogP) is 2.33. The van der Waals surface area contributed by atoms with E-state index in [1.807, 2.05) is 0 Å². The molecule has 1 N–H and O–H groups in total. The smallest absolute Gasteiger partial charge is 0.263 e. The number of pyridine rings is 2. The maximum Gasteiger partial charge on any atom is 0.263 e. The predicted molar refractivity (Wildman–Crippen MR) is 86.5 cm³/mol. The van der Waals surface area contributed by atoms with Crippen molar-refractivity contribution >= 4 is 27.3 Å². The average Bonchev–Trinajstić information content (AvgIpc) is 2.94. The molecule has 0 aliphatic rings. The van der Waals surface area contributed by atoms with Crippen LogP contribution in [0.15, 0.2) is 54.2 Å². The second-order valence-corrected chi connectivity index (χ2v) is 6.89. The highest BCUT2D eigenvalue weighted by molar-refractivity contribution is 7.92. The second-order valence-electron chi connectivity index (χ2n) is 4.77. The van der Waals surface area contributed by atoms with Crippen molar-refractivity contribution in [3.8, 4) is 11.1 Å². The third kappa shape index (κ3) is 3.33. The van der Waals surface area contributed by atoms with E-state index in [0.29, 0.717) is 11.3 Å². The lowest BCUT2D eigenvalue weighted by atomic mass is 10.1. The zero-order valence-electron chi connectivity index (χ0n) is 12.0. The van der Waals surface area contributed by atoms with Gasteiger partial charge in [-0.05, 0) is 12.1 Å². The molecule has 0 saturated carbocycles.